The zero-order valence-corrected chi connectivity index (χ0v) is 14.0. The first-order valence-corrected chi connectivity index (χ1v) is 8.03. The lowest BCUT2D eigenvalue weighted by Gasteiger charge is -2.28. The van der Waals surface area contributed by atoms with Crippen molar-refractivity contribution < 1.29 is 19.0 Å². The SMILES string of the molecule is CCOc1[c]c(C)c(ON2CCCCC2)c(OC)c1OCC. The molecule has 0 unspecified atom stereocenters. The predicted molar refractivity (Wildman–Crippen MR) is 85.0 cm³/mol. The molecule has 0 amide bonds. The van der Waals surface area contributed by atoms with Gasteiger partial charge in [-0.3, -0.25) is 0 Å². The second-order valence-corrected chi connectivity index (χ2v) is 5.22. The summed E-state index contributed by atoms with van der Waals surface area (Å²) in [5.41, 5.74) is 0.856. The summed E-state index contributed by atoms with van der Waals surface area (Å²) in [6.07, 6.45) is 3.57. The van der Waals surface area contributed by atoms with Crippen LogP contribution in [0.15, 0.2) is 0 Å². The van der Waals surface area contributed by atoms with Crippen molar-refractivity contribution in [1.29, 1.82) is 0 Å². The quantitative estimate of drug-likeness (QED) is 0.772. The molecule has 1 aromatic rings. The lowest BCUT2D eigenvalue weighted by atomic mass is 10.1. The fraction of sp³-hybridized carbons (Fsp3) is 0.647. The van der Waals surface area contributed by atoms with E-state index in [0.717, 1.165) is 31.5 Å². The van der Waals surface area contributed by atoms with Crippen LogP contribution in [0.5, 0.6) is 23.0 Å². The van der Waals surface area contributed by atoms with Crippen LogP contribution < -0.4 is 19.0 Å². The van der Waals surface area contributed by atoms with Crippen molar-refractivity contribution in [2.75, 3.05) is 33.4 Å². The van der Waals surface area contributed by atoms with E-state index >= 15 is 0 Å². The molecule has 1 aliphatic heterocycles. The predicted octanol–water partition coefficient (Wildman–Crippen LogP) is 3.38. The Labute approximate surface area is 133 Å². The molecule has 1 saturated heterocycles. The molecule has 123 valence electrons. The van der Waals surface area contributed by atoms with Gasteiger partial charge >= 0.3 is 0 Å². The van der Waals surface area contributed by atoms with E-state index in [-0.39, 0.29) is 0 Å². The number of nitrogens with zero attached hydrogens (tertiary/aromatic N) is 1. The Bertz CT molecular complexity index is 484. The minimum atomic E-state index is 0.524. The maximum Gasteiger partial charge on any atom is 0.210 e. The first-order valence-electron chi connectivity index (χ1n) is 8.03. The van der Waals surface area contributed by atoms with Crippen LogP contribution in [0.25, 0.3) is 0 Å². The average Bonchev–Trinajstić information content (AvgIpc) is 2.53. The molecule has 0 spiro atoms. The van der Waals surface area contributed by atoms with Crippen molar-refractivity contribution in [3.63, 3.8) is 0 Å². The third-order valence-electron chi connectivity index (χ3n) is 3.58. The van der Waals surface area contributed by atoms with Gasteiger partial charge in [0.05, 0.1) is 20.3 Å². The van der Waals surface area contributed by atoms with Crippen LogP contribution >= 0.6 is 0 Å². The number of aryl methyl sites for hydroxylation is 1. The van der Waals surface area contributed by atoms with E-state index < -0.39 is 0 Å². The Morgan fingerprint density at radius 3 is 2.23 bits per heavy atom. The van der Waals surface area contributed by atoms with Crippen molar-refractivity contribution in [3.8, 4) is 23.0 Å². The van der Waals surface area contributed by atoms with Gasteiger partial charge in [-0.2, -0.15) is 0 Å². The topological polar surface area (TPSA) is 40.2 Å². The number of piperidine rings is 1. The molecule has 2 rings (SSSR count). The summed E-state index contributed by atoms with van der Waals surface area (Å²) in [4.78, 5) is 6.07. The molecule has 22 heavy (non-hydrogen) atoms. The van der Waals surface area contributed by atoms with E-state index in [1.165, 1.54) is 6.42 Å². The number of ether oxygens (including phenoxy) is 3. The Kier molecular flexibility index (Phi) is 6.19. The Morgan fingerprint density at radius 2 is 1.64 bits per heavy atom. The van der Waals surface area contributed by atoms with E-state index in [4.69, 9.17) is 19.0 Å². The maximum atomic E-state index is 6.07. The van der Waals surface area contributed by atoms with Gasteiger partial charge in [0.15, 0.2) is 11.5 Å². The van der Waals surface area contributed by atoms with Gasteiger partial charge in [0.2, 0.25) is 11.5 Å². The smallest absolute Gasteiger partial charge is 0.210 e. The van der Waals surface area contributed by atoms with Crippen LogP contribution in [0.2, 0.25) is 0 Å². The van der Waals surface area contributed by atoms with Crippen molar-refractivity contribution in [2.45, 2.75) is 40.0 Å². The molecule has 5 heteroatoms. The highest BCUT2D eigenvalue weighted by Crippen LogP contribution is 2.46. The average molecular weight is 308 g/mol. The van der Waals surface area contributed by atoms with Crippen molar-refractivity contribution in [3.05, 3.63) is 11.6 Å². The first-order chi connectivity index (χ1) is 10.7. The van der Waals surface area contributed by atoms with Crippen molar-refractivity contribution >= 4 is 0 Å². The molecule has 0 bridgehead atoms. The van der Waals surface area contributed by atoms with Crippen LogP contribution in [0.3, 0.4) is 0 Å². The first kappa shape index (κ1) is 16.7. The van der Waals surface area contributed by atoms with Gasteiger partial charge in [0.25, 0.3) is 0 Å². The molecular formula is C17H26NO4. The van der Waals surface area contributed by atoms with Crippen molar-refractivity contribution in [1.82, 2.24) is 5.06 Å². The van der Waals surface area contributed by atoms with Gasteiger partial charge < -0.3 is 19.0 Å². The third kappa shape index (κ3) is 3.77. The molecular weight excluding hydrogens is 282 g/mol. The van der Waals surface area contributed by atoms with Gasteiger partial charge in [-0.1, -0.05) is 6.42 Å². The van der Waals surface area contributed by atoms with Crippen LogP contribution in [-0.4, -0.2) is 38.5 Å². The number of hydroxylamine groups is 2. The lowest BCUT2D eigenvalue weighted by Crippen LogP contribution is -2.33. The Balaban J connectivity index is 2.36. The Morgan fingerprint density at radius 1 is 0.955 bits per heavy atom. The summed E-state index contributed by atoms with van der Waals surface area (Å²) in [5.74, 6) is 2.37. The number of benzene rings is 1. The summed E-state index contributed by atoms with van der Waals surface area (Å²) in [7, 11) is 1.62. The Hall–Kier alpha value is -1.62. The molecule has 0 aliphatic carbocycles. The molecule has 0 aromatic heterocycles. The van der Waals surface area contributed by atoms with Crippen LogP contribution in [0.1, 0.15) is 38.7 Å². The van der Waals surface area contributed by atoms with Gasteiger partial charge in [-0.15, -0.1) is 5.06 Å². The fourth-order valence-electron chi connectivity index (χ4n) is 2.56. The second-order valence-electron chi connectivity index (χ2n) is 5.22. The van der Waals surface area contributed by atoms with Crippen molar-refractivity contribution in [2.24, 2.45) is 0 Å². The minimum Gasteiger partial charge on any atom is -0.490 e. The summed E-state index contributed by atoms with van der Waals surface area (Å²) < 4.78 is 16.9. The molecule has 1 radical (unpaired) electrons. The van der Waals surface area contributed by atoms with Gasteiger partial charge in [0.1, 0.15) is 0 Å². The van der Waals surface area contributed by atoms with E-state index in [1.807, 2.05) is 25.8 Å². The molecule has 5 nitrogen and oxygen atoms in total. The molecule has 1 heterocycles. The summed E-state index contributed by atoms with van der Waals surface area (Å²) in [6.45, 7) is 8.74. The van der Waals surface area contributed by atoms with Crippen LogP contribution in [0, 0.1) is 13.0 Å². The zero-order valence-electron chi connectivity index (χ0n) is 14.0. The number of hydrogen-bond acceptors (Lipinski definition) is 5. The molecule has 1 aliphatic rings. The highest BCUT2D eigenvalue weighted by Gasteiger charge is 2.24. The van der Waals surface area contributed by atoms with Gasteiger partial charge in [-0.25, -0.2) is 0 Å². The zero-order chi connectivity index (χ0) is 15.9. The summed E-state index contributed by atoms with van der Waals surface area (Å²) >= 11 is 0. The van der Waals surface area contributed by atoms with E-state index in [0.29, 0.717) is 36.2 Å². The minimum absolute atomic E-state index is 0.524. The second kappa shape index (κ2) is 8.13. The molecule has 1 aromatic carbocycles. The molecule has 1 fully saturated rings. The largest absolute Gasteiger partial charge is 0.490 e. The van der Waals surface area contributed by atoms with E-state index in [1.54, 1.807) is 7.11 Å². The molecule has 0 saturated carbocycles. The lowest BCUT2D eigenvalue weighted by molar-refractivity contribution is -0.0743. The fourth-order valence-corrected chi connectivity index (χ4v) is 2.56. The van der Waals surface area contributed by atoms with E-state index in [9.17, 15) is 0 Å². The number of hydrogen-bond donors (Lipinski definition) is 0. The number of rotatable bonds is 7. The van der Waals surface area contributed by atoms with Crippen LogP contribution in [0.4, 0.5) is 0 Å². The highest BCUT2D eigenvalue weighted by molar-refractivity contribution is 5.61. The summed E-state index contributed by atoms with van der Waals surface area (Å²) in [5, 5.41) is 1.98. The standard InChI is InChI=1S/C17H26NO4/c1-5-20-14-12-13(3)15(17(19-4)16(14)21-6-2)22-18-10-8-7-9-11-18/h5-11H2,1-4H3. The van der Waals surface area contributed by atoms with Crippen LogP contribution in [-0.2, 0) is 0 Å². The summed E-state index contributed by atoms with van der Waals surface area (Å²) in [6, 6.07) is 3.22. The third-order valence-corrected chi connectivity index (χ3v) is 3.58. The molecule has 0 N–H and O–H groups in total. The van der Waals surface area contributed by atoms with Gasteiger partial charge in [-0.05, 0) is 33.6 Å². The highest BCUT2D eigenvalue weighted by atomic mass is 16.7. The van der Waals surface area contributed by atoms with Gasteiger partial charge in [0, 0.05) is 24.7 Å². The monoisotopic (exact) mass is 308 g/mol. The molecule has 0 atom stereocenters. The normalized spacial score (nSPS) is 15.5. The maximum absolute atomic E-state index is 6.07. The number of methoxy groups -OCH3 is 1. The van der Waals surface area contributed by atoms with E-state index in [2.05, 4.69) is 6.07 Å².